The van der Waals surface area contributed by atoms with E-state index in [1.54, 1.807) is 12.1 Å². The minimum Gasteiger partial charge on any atom is -0.493 e. The van der Waals surface area contributed by atoms with E-state index in [1.165, 1.54) is 0 Å². The number of carboxylic acid groups (broad SMARTS) is 1. The van der Waals surface area contributed by atoms with E-state index in [4.69, 9.17) is 30.9 Å². The van der Waals surface area contributed by atoms with Gasteiger partial charge < -0.3 is 19.3 Å². The average molecular weight is 483 g/mol. The minimum absolute atomic E-state index is 0.112. The molecule has 34 heavy (non-hydrogen) atoms. The van der Waals surface area contributed by atoms with Crippen molar-refractivity contribution in [3.63, 3.8) is 0 Å². The molecular weight excluding hydrogens is 452 g/mol. The third-order valence-electron chi connectivity index (χ3n) is 5.35. The highest BCUT2D eigenvalue weighted by molar-refractivity contribution is 6.30. The van der Waals surface area contributed by atoms with Crippen molar-refractivity contribution >= 4 is 17.6 Å². The van der Waals surface area contributed by atoms with Gasteiger partial charge in [-0.05, 0) is 66.8 Å². The number of para-hydroxylation sites is 1. The van der Waals surface area contributed by atoms with Crippen LogP contribution in [0.3, 0.4) is 0 Å². The molecule has 0 aliphatic heterocycles. The van der Waals surface area contributed by atoms with Gasteiger partial charge in [0.2, 0.25) is 0 Å². The van der Waals surface area contributed by atoms with Crippen LogP contribution >= 0.6 is 11.6 Å². The molecular formula is C28H31ClO5. The molecule has 0 radical (unpaired) electrons. The lowest BCUT2D eigenvalue weighted by Crippen LogP contribution is -2.16. The van der Waals surface area contributed by atoms with Gasteiger partial charge in [0.15, 0.2) is 11.5 Å². The van der Waals surface area contributed by atoms with Crippen LogP contribution in [0.2, 0.25) is 5.02 Å². The molecule has 0 saturated heterocycles. The van der Waals surface area contributed by atoms with Crippen molar-refractivity contribution in [2.75, 3.05) is 6.61 Å². The van der Waals surface area contributed by atoms with Crippen LogP contribution in [0, 0.1) is 0 Å². The van der Waals surface area contributed by atoms with Gasteiger partial charge in [0.1, 0.15) is 11.5 Å². The van der Waals surface area contributed by atoms with Gasteiger partial charge in [-0.2, -0.15) is 0 Å². The summed E-state index contributed by atoms with van der Waals surface area (Å²) in [4.78, 5) is 10.9. The van der Waals surface area contributed by atoms with Crippen LogP contribution in [0.25, 0.3) is 0 Å². The molecule has 180 valence electrons. The fourth-order valence-corrected chi connectivity index (χ4v) is 3.72. The van der Waals surface area contributed by atoms with E-state index in [0.717, 1.165) is 16.9 Å². The molecule has 6 heteroatoms. The van der Waals surface area contributed by atoms with E-state index in [1.807, 2.05) is 61.5 Å². The third kappa shape index (κ3) is 7.70. The maximum absolute atomic E-state index is 10.9. The molecule has 3 rings (SSSR count). The van der Waals surface area contributed by atoms with Crippen LogP contribution in [0.5, 0.6) is 23.0 Å². The molecule has 0 saturated carbocycles. The highest BCUT2D eigenvalue weighted by Gasteiger charge is 2.13. The van der Waals surface area contributed by atoms with Crippen LogP contribution in [0.4, 0.5) is 0 Å². The Bertz CT molecular complexity index is 1080. The lowest BCUT2D eigenvalue weighted by atomic mass is 9.94. The zero-order valence-corrected chi connectivity index (χ0v) is 20.5. The summed E-state index contributed by atoms with van der Waals surface area (Å²) < 4.78 is 18.1. The first-order valence-electron chi connectivity index (χ1n) is 11.5. The zero-order valence-electron chi connectivity index (χ0n) is 19.8. The van der Waals surface area contributed by atoms with Crippen molar-refractivity contribution in [1.29, 1.82) is 0 Å². The molecule has 0 amide bonds. The molecule has 5 nitrogen and oxygen atoms in total. The molecule has 0 aliphatic rings. The minimum atomic E-state index is -0.790. The van der Waals surface area contributed by atoms with E-state index >= 15 is 0 Å². The Labute approximate surface area is 206 Å². The molecule has 1 unspecified atom stereocenters. The van der Waals surface area contributed by atoms with Crippen LogP contribution in [0.1, 0.15) is 50.7 Å². The second-order valence-corrected chi connectivity index (χ2v) is 8.92. The van der Waals surface area contributed by atoms with E-state index < -0.39 is 5.97 Å². The number of benzene rings is 3. The first kappa shape index (κ1) is 25.4. The Morgan fingerprint density at radius 2 is 1.71 bits per heavy atom. The maximum Gasteiger partial charge on any atom is 0.303 e. The number of aryl methyl sites for hydroxylation is 1. The summed E-state index contributed by atoms with van der Waals surface area (Å²) in [6.45, 7) is 6.66. The molecule has 0 heterocycles. The average Bonchev–Trinajstić information content (AvgIpc) is 2.80. The SMILES string of the molecule is CC(CCOc1ccc(CCC(=O)O)c(C(C)C)c1)Oc1ccc(Cl)cc1Oc1ccccc1. The fourth-order valence-electron chi connectivity index (χ4n) is 3.56. The van der Waals surface area contributed by atoms with E-state index in [0.29, 0.717) is 41.7 Å². The summed E-state index contributed by atoms with van der Waals surface area (Å²) in [5, 5.41) is 9.56. The number of rotatable bonds is 12. The molecule has 0 aromatic heterocycles. The van der Waals surface area contributed by atoms with Gasteiger partial charge in [0, 0.05) is 23.9 Å². The second kappa shape index (κ2) is 12.3. The number of hydrogen-bond donors (Lipinski definition) is 1. The molecule has 3 aromatic rings. The monoisotopic (exact) mass is 482 g/mol. The van der Waals surface area contributed by atoms with Crippen molar-refractivity contribution in [2.24, 2.45) is 0 Å². The molecule has 0 fully saturated rings. The van der Waals surface area contributed by atoms with Crippen LogP contribution in [-0.2, 0) is 11.2 Å². The summed E-state index contributed by atoms with van der Waals surface area (Å²) in [7, 11) is 0. The van der Waals surface area contributed by atoms with Crippen molar-refractivity contribution in [3.8, 4) is 23.0 Å². The van der Waals surface area contributed by atoms with Gasteiger partial charge in [-0.15, -0.1) is 0 Å². The fraction of sp³-hybridized carbons (Fsp3) is 0.321. The molecule has 0 aliphatic carbocycles. The number of halogens is 1. The van der Waals surface area contributed by atoms with Gasteiger partial charge in [0.25, 0.3) is 0 Å². The Morgan fingerprint density at radius 3 is 2.41 bits per heavy atom. The summed E-state index contributed by atoms with van der Waals surface area (Å²) >= 11 is 6.17. The Balaban J connectivity index is 1.58. The zero-order chi connectivity index (χ0) is 24.5. The van der Waals surface area contributed by atoms with Gasteiger partial charge >= 0.3 is 5.97 Å². The number of hydrogen-bond acceptors (Lipinski definition) is 4. The quantitative estimate of drug-likeness (QED) is 0.289. The topological polar surface area (TPSA) is 65.0 Å². The predicted molar refractivity (Wildman–Crippen MR) is 135 cm³/mol. The number of aliphatic carboxylic acids is 1. The molecule has 1 atom stereocenters. The predicted octanol–water partition coefficient (Wildman–Crippen LogP) is 7.51. The summed E-state index contributed by atoms with van der Waals surface area (Å²) in [5.41, 5.74) is 2.17. The van der Waals surface area contributed by atoms with Crippen LogP contribution < -0.4 is 14.2 Å². The van der Waals surface area contributed by atoms with Crippen LogP contribution in [-0.4, -0.2) is 23.8 Å². The van der Waals surface area contributed by atoms with Crippen molar-refractivity contribution in [1.82, 2.24) is 0 Å². The van der Waals surface area contributed by atoms with Crippen molar-refractivity contribution < 1.29 is 24.1 Å². The Hall–Kier alpha value is -3.18. The van der Waals surface area contributed by atoms with Crippen molar-refractivity contribution in [3.05, 3.63) is 82.9 Å². The lowest BCUT2D eigenvalue weighted by Gasteiger charge is -2.19. The molecule has 3 aromatic carbocycles. The van der Waals surface area contributed by atoms with Gasteiger partial charge in [-0.3, -0.25) is 4.79 Å². The number of carbonyl (C=O) groups is 1. The van der Waals surface area contributed by atoms with Crippen molar-refractivity contribution in [2.45, 2.75) is 52.1 Å². The van der Waals surface area contributed by atoms with Crippen LogP contribution in [0.15, 0.2) is 66.7 Å². The normalized spacial score (nSPS) is 11.8. The van der Waals surface area contributed by atoms with Gasteiger partial charge in [0.05, 0.1) is 12.7 Å². The van der Waals surface area contributed by atoms with Gasteiger partial charge in [-0.25, -0.2) is 0 Å². The van der Waals surface area contributed by atoms with E-state index in [9.17, 15) is 4.79 Å². The number of ether oxygens (including phenoxy) is 3. The molecule has 0 bridgehead atoms. The maximum atomic E-state index is 10.9. The van der Waals surface area contributed by atoms with E-state index in [2.05, 4.69) is 13.8 Å². The highest BCUT2D eigenvalue weighted by atomic mass is 35.5. The molecule has 0 spiro atoms. The summed E-state index contributed by atoms with van der Waals surface area (Å²) in [5.74, 6) is 2.15. The largest absolute Gasteiger partial charge is 0.493 e. The number of carboxylic acids is 1. The van der Waals surface area contributed by atoms with E-state index in [-0.39, 0.29) is 18.4 Å². The lowest BCUT2D eigenvalue weighted by molar-refractivity contribution is -0.136. The van der Waals surface area contributed by atoms with Gasteiger partial charge in [-0.1, -0.05) is 49.7 Å². The first-order valence-corrected chi connectivity index (χ1v) is 11.9. The summed E-state index contributed by atoms with van der Waals surface area (Å²) in [6.07, 6.45) is 1.20. The summed E-state index contributed by atoms with van der Waals surface area (Å²) in [6, 6.07) is 20.7. The standard InChI is InChI=1S/C28H31ClO5/c1-19(2)25-18-24(12-9-21(25)10-14-28(30)31)32-16-15-20(3)33-26-13-11-22(29)17-27(26)34-23-7-5-4-6-8-23/h4-9,11-13,17-20H,10,14-16H2,1-3H3,(H,30,31). The highest BCUT2D eigenvalue weighted by Crippen LogP contribution is 2.35. The second-order valence-electron chi connectivity index (χ2n) is 8.48. The Kier molecular flexibility index (Phi) is 9.23. The third-order valence-corrected chi connectivity index (χ3v) is 5.58. The molecule has 1 N–H and O–H groups in total. The Morgan fingerprint density at radius 1 is 0.941 bits per heavy atom. The first-order chi connectivity index (χ1) is 16.3. The smallest absolute Gasteiger partial charge is 0.303 e.